The van der Waals surface area contributed by atoms with Crippen molar-refractivity contribution >= 4 is 21.9 Å². The Morgan fingerprint density at radius 1 is 0.700 bits per heavy atom. The van der Waals surface area contributed by atoms with Crippen molar-refractivity contribution in [3.63, 3.8) is 0 Å². The first kappa shape index (κ1) is 13.3. The van der Waals surface area contributed by atoms with E-state index >= 15 is 0 Å². The summed E-state index contributed by atoms with van der Waals surface area (Å²) in [4.78, 5) is 0. The maximum Gasteiger partial charge on any atom is 0.138 e. The number of furan rings is 2. The Bertz CT molecular complexity index is 594. The maximum atomic E-state index is 5.91. The maximum absolute atomic E-state index is 5.91. The minimum atomic E-state index is 0.944. The van der Waals surface area contributed by atoms with Gasteiger partial charge in [-0.3, -0.25) is 0 Å². The van der Waals surface area contributed by atoms with Crippen molar-refractivity contribution in [2.75, 3.05) is 0 Å². The van der Waals surface area contributed by atoms with Crippen LogP contribution in [-0.4, -0.2) is 0 Å². The summed E-state index contributed by atoms with van der Waals surface area (Å²) in [5.41, 5.74) is 1.89. The van der Waals surface area contributed by atoms with Crippen LogP contribution in [0.4, 0.5) is 0 Å². The van der Waals surface area contributed by atoms with Gasteiger partial charge in [-0.25, -0.2) is 0 Å². The minimum Gasteiger partial charge on any atom is -0.461 e. The fourth-order valence-corrected chi connectivity index (χ4v) is 2.63. The smallest absolute Gasteiger partial charge is 0.138 e. The van der Waals surface area contributed by atoms with E-state index in [1.165, 1.54) is 36.5 Å². The Hall–Kier alpha value is -1.70. The van der Waals surface area contributed by atoms with Gasteiger partial charge in [0.1, 0.15) is 22.7 Å². The van der Waals surface area contributed by atoms with Crippen molar-refractivity contribution in [1.82, 2.24) is 0 Å². The van der Waals surface area contributed by atoms with Crippen LogP contribution in [0.3, 0.4) is 0 Å². The molecule has 0 saturated heterocycles. The summed E-state index contributed by atoms with van der Waals surface area (Å²) < 4.78 is 11.8. The first-order chi connectivity index (χ1) is 9.80. The number of fused-ring (bicyclic) bond motifs is 2. The van der Waals surface area contributed by atoms with Crippen molar-refractivity contribution < 1.29 is 8.83 Å². The highest BCUT2D eigenvalue weighted by Gasteiger charge is 2.09. The average molecular weight is 270 g/mol. The van der Waals surface area contributed by atoms with Crippen LogP contribution in [-0.2, 0) is 12.8 Å². The lowest BCUT2D eigenvalue weighted by Crippen LogP contribution is -1.78. The monoisotopic (exact) mass is 270 g/mol. The van der Waals surface area contributed by atoms with Gasteiger partial charge in [0.25, 0.3) is 0 Å². The predicted octanol–water partition coefficient (Wildman–Crippen LogP) is 5.86. The van der Waals surface area contributed by atoms with Crippen molar-refractivity contribution in [1.29, 1.82) is 0 Å². The molecule has 0 aliphatic rings. The van der Waals surface area contributed by atoms with Gasteiger partial charge in [-0.2, -0.15) is 0 Å². The third kappa shape index (κ3) is 2.60. The van der Waals surface area contributed by atoms with E-state index in [1.807, 2.05) is 6.07 Å². The molecule has 2 aromatic heterocycles. The van der Waals surface area contributed by atoms with Gasteiger partial charge in [0.15, 0.2) is 0 Å². The summed E-state index contributed by atoms with van der Waals surface area (Å²) in [6, 6.07) is 8.56. The normalized spacial score (nSPS) is 11.7. The quantitative estimate of drug-likeness (QED) is 0.560. The molecule has 2 nitrogen and oxygen atoms in total. The van der Waals surface area contributed by atoms with E-state index in [1.54, 1.807) is 0 Å². The number of rotatable bonds is 6. The Balaban J connectivity index is 1.93. The molecule has 3 rings (SSSR count). The molecule has 0 aliphatic heterocycles. The number of aryl methyl sites for hydroxylation is 2. The average Bonchev–Trinajstić information content (AvgIpc) is 3.01. The molecule has 3 aromatic rings. The highest BCUT2D eigenvalue weighted by molar-refractivity contribution is 5.93. The molecule has 0 amide bonds. The van der Waals surface area contributed by atoms with Crippen LogP contribution in [0, 0.1) is 0 Å². The van der Waals surface area contributed by atoms with Crippen LogP contribution in [0.1, 0.15) is 51.1 Å². The van der Waals surface area contributed by atoms with Gasteiger partial charge in [-0.15, -0.1) is 0 Å². The topological polar surface area (TPSA) is 26.3 Å². The zero-order chi connectivity index (χ0) is 13.9. The second-order valence-electron chi connectivity index (χ2n) is 5.56. The van der Waals surface area contributed by atoms with Crippen molar-refractivity contribution in [3.05, 3.63) is 35.8 Å². The third-order valence-corrected chi connectivity index (χ3v) is 3.81. The number of unbranched alkanes of at least 4 members (excludes halogenated alkanes) is 2. The molecule has 1 aromatic carbocycles. The zero-order valence-electron chi connectivity index (χ0n) is 12.4. The molecule has 0 spiro atoms. The summed E-state index contributed by atoms with van der Waals surface area (Å²) in [5, 5.41) is 2.37. The van der Waals surface area contributed by atoms with E-state index in [-0.39, 0.29) is 0 Å². The number of hydrogen-bond acceptors (Lipinski definition) is 2. The molecular formula is C18H22O2. The Morgan fingerprint density at radius 3 is 1.65 bits per heavy atom. The van der Waals surface area contributed by atoms with E-state index in [0.29, 0.717) is 0 Å². The van der Waals surface area contributed by atoms with Crippen LogP contribution in [0.2, 0.25) is 0 Å². The summed E-state index contributed by atoms with van der Waals surface area (Å²) in [7, 11) is 0. The zero-order valence-corrected chi connectivity index (χ0v) is 12.4. The van der Waals surface area contributed by atoms with Crippen molar-refractivity contribution in [3.8, 4) is 0 Å². The molecule has 0 bridgehead atoms. The number of benzene rings is 1. The molecule has 0 aliphatic carbocycles. The van der Waals surface area contributed by atoms with Gasteiger partial charge in [-0.1, -0.05) is 26.7 Å². The molecule has 2 heterocycles. The molecule has 0 atom stereocenters. The standard InChI is InChI=1S/C18H22O2/c1-3-5-7-15-10-13-9-14-11-16(8-6-4-2)20-18(14)12-17(13)19-15/h9-12H,3-8H2,1-2H3. The van der Waals surface area contributed by atoms with Crippen molar-refractivity contribution in [2.45, 2.75) is 52.4 Å². The van der Waals surface area contributed by atoms with Crippen LogP contribution < -0.4 is 0 Å². The Morgan fingerprint density at radius 2 is 1.20 bits per heavy atom. The molecular weight excluding hydrogens is 248 g/mol. The lowest BCUT2D eigenvalue weighted by Gasteiger charge is -1.92. The SMILES string of the molecule is CCCCc1cc2cc3cc(CCCC)oc3cc2o1. The Kier molecular flexibility index (Phi) is 3.81. The highest BCUT2D eigenvalue weighted by Crippen LogP contribution is 2.29. The summed E-state index contributed by atoms with van der Waals surface area (Å²) in [6.07, 6.45) is 6.79. The molecule has 0 fully saturated rings. The summed E-state index contributed by atoms with van der Waals surface area (Å²) in [6.45, 7) is 4.40. The predicted molar refractivity (Wildman–Crippen MR) is 83.2 cm³/mol. The van der Waals surface area contributed by atoms with Gasteiger partial charge in [0, 0.05) is 29.7 Å². The van der Waals surface area contributed by atoms with Crippen molar-refractivity contribution in [2.24, 2.45) is 0 Å². The van der Waals surface area contributed by atoms with Gasteiger partial charge in [0.2, 0.25) is 0 Å². The van der Waals surface area contributed by atoms with E-state index in [4.69, 9.17) is 8.83 Å². The fraction of sp³-hybridized carbons (Fsp3) is 0.444. The van der Waals surface area contributed by atoms with Gasteiger partial charge >= 0.3 is 0 Å². The molecule has 106 valence electrons. The Labute approximate surface area is 119 Å². The molecule has 2 heteroatoms. The van der Waals surface area contributed by atoms with Crippen LogP contribution in [0.15, 0.2) is 33.1 Å². The lowest BCUT2D eigenvalue weighted by atomic mass is 10.1. The molecule has 0 saturated carbocycles. The minimum absolute atomic E-state index is 0.944. The summed E-state index contributed by atoms with van der Waals surface area (Å²) >= 11 is 0. The fourth-order valence-electron chi connectivity index (χ4n) is 2.63. The van der Waals surface area contributed by atoms with Gasteiger partial charge in [0.05, 0.1) is 0 Å². The second-order valence-corrected chi connectivity index (χ2v) is 5.56. The molecule has 0 unspecified atom stereocenters. The van der Waals surface area contributed by atoms with E-state index in [9.17, 15) is 0 Å². The third-order valence-electron chi connectivity index (χ3n) is 3.81. The lowest BCUT2D eigenvalue weighted by molar-refractivity contribution is 0.528. The van der Waals surface area contributed by atoms with Gasteiger partial charge in [-0.05, 0) is 31.0 Å². The van der Waals surface area contributed by atoms with Crippen LogP contribution in [0.5, 0.6) is 0 Å². The second kappa shape index (κ2) is 5.74. The largest absolute Gasteiger partial charge is 0.461 e. The number of hydrogen-bond donors (Lipinski definition) is 0. The molecule has 0 radical (unpaired) electrons. The van der Waals surface area contributed by atoms with E-state index in [2.05, 4.69) is 32.0 Å². The van der Waals surface area contributed by atoms with E-state index < -0.39 is 0 Å². The summed E-state index contributed by atoms with van der Waals surface area (Å²) in [5.74, 6) is 2.17. The first-order valence-electron chi connectivity index (χ1n) is 7.75. The van der Waals surface area contributed by atoms with Gasteiger partial charge < -0.3 is 8.83 Å². The van der Waals surface area contributed by atoms with Crippen LogP contribution in [0.25, 0.3) is 21.9 Å². The molecule has 20 heavy (non-hydrogen) atoms. The van der Waals surface area contributed by atoms with Crippen LogP contribution >= 0.6 is 0 Å². The molecule has 0 N–H and O–H groups in total. The van der Waals surface area contributed by atoms with E-state index in [0.717, 1.165) is 35.5 Å². The highest BCUT2D eigenvalue weighted by atomic mass is 16.3. The first-order valence-corrected chi connectivity index (χ1v) is 7.75.